The van der Waals surface area contributed by atoms with Crippen molar-refractivity contribution in [3.05, 3.63) is 59.0 Å². The van der Waals surface area contributed by atoms with Crippen molar-refractivity contribution < 1.29 is 27.1 Å². The number of rotatable bonds is 4. The fraction of sp³-hybridized carbons (Fsp3) is 0.320. The molecule has 2 aliphatic rings. The SMILES string of the molecule is CC(C)N1C(=O)COc2c(F)cc(-c3nc(Nc4ccc5c(c4)CNCC5)ncc3C(F)(F)F)cc21. The Hall–Kier alpha value is -3.73. The number of carbonyl (C=O) groups excluding carboxylic acids is 1. The molecule has 0 radical (unpaired) electrons. The van der Waals surface area contributed by atoms with Crippen LogP contribution in [0.25, 0.3) is 11.3 Å². The van der Waals surface area contributed by atoms with Crippen LogP contribution in [0.3, 0.4) is 0 Å². The third-order valence-corrected chi connectivity index (χ3v) is 6.13. The van der Waals surface area contributed by atoms with Gasteiger partial charge in [0.25, 0.3) is 5.91 Å². The summed E-state index contributed by atoms with van der Waals surface area (Å²) in [6.45, 7) is 4.66. The van der Waals surface area contributed by atoms with Gasteiger partial charge in [0.15, 0.2) is 18.2 Å². The molecule has 0 spiro atoms. The summed E-state index contributed by atoms with van der Waals surface area (Å²) < 4.78 is 61.9. The largest absolute Gasteiger partial charge is 0.478 e. The molecule has 1 aromatic heterocycles. The monoisotopic (exact) mass is 501 g/mol. The number of halogens is 4. The third kappa shape index (κ3) is 4.46. The molecular weight excluding hydrogens is 478 g/mol. The molecule has 0 atom stereocenters. The number of alkyl halides is 3. The van der Waals surface area contributed by atoms with Gasteiger partial charge in [0.05, 0.1) is 11.4 Å². The van der Waals surface area contributed by atoms with Gasteiger partial charge in [-0.15, -0.1) is 0 Å². The molecule has 0 unspecified atom stereocenters. The molecule has 2 aromatic carbocycles. The number of carbonyl (C=O) groups is 1. The quantitative estimate of drug-likeness (QED) is 0.499. The highest BCUT2D eigenvalue weighted by Crippen LogP contribution is 2.42. The first-order valence-corrected chi connectivity index (χ1v) is 11.4. The van der Waals surface area contributed by atoms with Crippen LogP contribution in [-0.4, -0.2) is 35.1 Å². The number of hydrogen-bond donors (Lipinski definition) is 2. The Kier molecular flexibility index (Phi) is 6.03. The molecule has 0 saturated heterocycles. The maximum atomic E-state index is 15.0. The van der Waals surface area contributed by atoms with Crippen molar-refractivity contribution in [1.29, 1.82) is 0 Å². The minimum atomic E-state index is -4.79. The van der Waals surface area contributed by atoms with Gasteiger partial charge in [0, 0.05) is 30.0 Å². The number of amides is 1. The second-order valence-corrected chi connectivity index (χ2v) is 8.94. The minimum absolute atomic E-state index is 0.0553. The van der Waals surface area contributed by atoms with Crippen molar-refractivity contribution in [2.75, 3.05) is 23.4 Å². The maximum Gasteiger partial charge on any atom is 0.419 e. The Balaban J connectivity index is 1.59. The molecule has 2 aliphatic heterocycles. The van der Waals surface area contributed by atoms with Crippen molar-refractivity contribution in [2.45, 2.75) is 39.0 Å². The summed E-state index contributed by atoms with van der Waals surface area (Å²) in [6, 6.07) is 7.52. The molecule has 2 N–H and O–H groups in total. The second-order valence-electron chi connectivity index (χ2n) is 8.94. The van der Waals surface area contributed by atoms with E-state index >= 15 is 4.39 Å². The molecule has 3 heterocycles. The van der Waals surface area contributed by atoms with Crippen LogP contribution in [0.1, 0.15) is 30.5 Å². The average molecular weight is 501 g/mol. The summed E-state index contributed by atoms with van der Waals surface area (Å²) in [5.41, 5.74) is 1.16. The molecule has 0 fully saturated rings. The maximum absolute atomic E-state index is 15.0. The van der Waals surface area contributed by atoms with Gasteiger partial charge in [-0.25, -0.2) is 14.4 Å². The third-order valence-electron chi connectivity index (χ3n) is 6.13. The van der Waals surface area contributed by atoms with E-state index in [4.69, 9.17) is 4.74 Å². The summed E-state index contributed by atoms with van der Waals surface area (Å²) in [5, 5.41) is 6.23. The number of ether oxygens (including phenoxy) is 1. The number of nitrogens with zero attached hydrogens (tertiary/aromatic N) is 3. The van der Waals surface area contributed by atoms with Crippen molar-refractivity contribution in [3.8, 4) is 17.0 Å². The van der Waals surface area contributed by atoms with E-state index in [1.54, 1.807) is 13.8 Å². The van der Waals surface area contributed by atoms with Crippen LogP contribution in [-0.2, 0) is 23.9 Å². The van der Waals surface area contributed by atoms with E-state index in [9.17, 15) is 18.0 Å². The van der Waals surface area contributed by atoms with E-state index in [1.165, 1.54) is 16.5 Å². The molecule has 5 rings (SSSR count). The van der Waals surface area contributed by atoms with E-state index in [0.717, 1.165) is 24.6 Å². The molecule has 0 saturated carbocycles. The Labute approximate surface area is 204 Å². The highest BCUT2D eigenvalue weighted by atomic mass is 19.4. The number of aromatic nitrogens is 2. The lowest BCUT2D eigenvalue weighted by Crippen LogP contribution is -2.43. The van der Waals surface area contributed by atoms with E-state index in [1.807, 2.05) is 18.2 Å². The van der Waals surface area contributed by atoms with Crippen LogP contribution in [0.5, 0.6) is 5.75 Å². The first-order chi connectivity index (χ1) is 17.1. The highest BCUT2D eigenvalue weighted by Gasteiger charge is 2.37. The predicted octanol–water partition coefficient (Wildman–Crippen LogP) is 4.82. The van der Waals surface area contributed by atoms with E-state index < -0.39 is 29.2 Å². The van der Waals surface area contributed by atoms with Crippen LogP contribution in [0, 0.1) is 5.82 Å². The van der Waals surface area contributed by atoms with Gasteiger partial charge in [-0.1, -0.05) is 6.07 Å². The second kappa shape index (κ2) is 9.05. The zero-order valence-electron chi connectivity index (χ0n) is 19.5. The smallest absolute Gasteiger partial charge is 0.419 e. The summed E-state index contributed by atoms with van der Waals surface area (Å²) in [7, 11) is 0. The van der Waals surface area contributed by atoms with Gasteiger partial charge < -0.3 is 20.3 Å². The summed E-state index contributed by atoms with van der Waals surface area (Å²) in [5.74, 6) is -1.57. The standard InChI is InChI=1S/C25H23F4N5O2/c1-13(2)34-20-9-15(8-19(26)23(20)36-12-21(34)35)22-18(25(27,28)29)11-31-24(33-22)32-17-4-3-14-5-6-30-10-16(14)7-17/h3-4,7-9,11,13,30H,5-6,10,12H2,1-2H3,(H,31,32,33). The van der Waals surface area contributed by atoms with Gasteiger partial charge in [-0.3, -0.25) is 4.79 Å². The molecule has 0 aliphatic carbocycles. The number of fused-ring (bicyclic) bond motifs is 2. The summed E-state index contributed by atoms with van der Waals surface area (Å²) in [6.07, 6.45) is -3.23. The zero-order chi connectivity index (χ0) is 25.6. The molecule has 3 aromatic rings. The lowest BCUT2D eigenvalue weighted by molar-refractivity contribution is -0.137. The van der Waals surface area contributed by atoms with Crippen LogP contribution in [0.4, 0.5) is 34.9 Å². The molecule has 11 heteroatoms. The number of anilines is 3. The summed E-state index contributed by atoms with van der Waals surface area (Å²) in [4.78, 5) is 21.7. The lowest BCUT2D eigenvalue weighted by Gasteiger charge is -2.33. The first kappa shape index (κ1) is 24.0. The molecular formula is C25H23F4N5O2. The fourth-order valence-electron chi connectivity index (χ4n) is 4.50. The van der Waals surface area contributed by atoms with Gasteiger partial charge in [0.1, 0.15) is 5.56 Å². The Morgan fingerprint density at radius 1 is 1.17 bits per heavy atom. The number of hydrogen-bond acceptors (Lipinski definition) is 6. The van der Waals surface area contributed by atoms with Crippen molar-refractivity contribution >= 4 is 23.2 Å². The van der Waals surface area contributed by atoms with Crippen molar-refractivity contribution in [2.24, 2.45) is 0 Å². The van der Waals surface area contributed by atoms with Gasteiger partial charge in [-0.2, -0.15) is 13.2 Å². The minimum Gasteiger partial charge on any atom is -0.478 e. The predicted molar refractivity (Wildman–Crippen MR) is 126 cm³/mol. The Morgan fingerprint density at radius 2 is 1.97 bits per heavy atom. The Bertz CT molecular complexity index is 1340. The van der Waals surface area contributed by atoms with Gasteiger partial charge in [-0.05, 0) is 62.2 Å². The van der Waals surface area contributed by atoms with Crippen molar-refractivity contribution in [3.63, 3.8) is 0 Å². The summed E-state index contributed by atoms with van der Waals surface area (Å²) >= 11 is 0. The van der Waals surface area contributed by atoms with E-state index in [2.05, 4.69) is 20.6 Å². The molecule has 7 nitrogen and oxygen atoms in total. The van der Waals surface area contributed by atoms with Gasteiger partial charge >= 0.3 is 6.18 Å². The van der Waals surface area contributed by atoms with E-state index in [0.29, 0.717) is 18.4 Å². The van der Waals surface area contributed by atoms with Crippen LogP contribution >= 0.6 is 0 Å². The number of benzene rings is 2. The van der Waals surface area contributed by atoms with E-state index in [-0.39, 0.29) is 35.6 Å². The van der Waals surface area contributed by atoms with Crippen molar-refractivity contribution in [1.82, 2.24) is 15.3 Å². The fourth-order valence-corrected chi connectivity index (χ4v) is 4.50. The normalized spacial score (nSPS) is 15.4. The average Bonchev–Trinajstić information content (AvgIpc) is 2.82. The van der Waals surface area contributed by atoms with Crippen LogP contribution < -0.4 is 20.3 Å². The van der Waals surface area contributed by atoms with Gasteiger partial charge in [0.2, 0.25) is 5.95 Å². The molecule has 188 valence electrons. The highest BCUT2D eigenvalue weighted by molar-refractivity contribution is 5.99. The topological polar surface area (TPSA) is 79.4 Å². The van der Waals surface area contributed by atoms with Crippen LogP contribution in [0.2, 0.25) is 0 Å². The lowest BCUT2D eigenvalue weighted by atomic mass is 10.0. The molecule has 36 heavy (non-hydrogen) atoms. The molecule has 1 amide bonds. The van der Waals surface area contributed by atoms with Crippen LogP contribution in [0.15, 0.2) is 36.5 Å². The first-order valence-electron chi connectivity index (χ1n) is 11.4. The zero-order valence-corrected chi connectivity index (χ0v) is 19.5. The number of nitrogens with one attached hydrogen (secondary N) is 2. The Morgan fingerprint density at radius 3 is 2.72 bits per heavy atom. The molecule has 0 bridgehead atoms.